The standard InChI is InChI=1S/C18H31N5O3S/c1-6-11(2)13(14(19)24)20-16(25)21-17-23(10-12-8-7-9-26-12)22-15(27-17)18(3,4)5/h11-13H,6-10H2,1-5H3,(H2,19,24)(H,20,25)/t11-,12+,13-/m0/s1. The molecule has 3 amide bonds. The summed E-state index contributed by atoms with van der Waals surface area (Å²) in [6, 6.07) is -1.32. The van der Waals surface area contributed by atoms with E-state index >= 15 is 0 Å². The van der Waals surface area contributed by atoms with Gasteiger partial charge < -0.3 is 15.8 Å². The van der Waals surface area contributed by atoms with Crippen LogP contribution in [-0.2, 0) is 21.5 Å². The van der Waals surface area contributed by atoms with Crippen LogP contribution in [0.4, 0.5) is 4.79 Å². The molecule has 1 aromatic heterocycles. The van der Waals surface area contributed by atoms with E-state index < -0.39 is 18.0 Å². The lowest BCUT2D eigenvalue weighted by Crippen LogP contribution is -2.47. The van der Waals surface area contributed by atoms with Crippen molar-refractivity contribution in [3.8, 4) is 0 Å². The highest BCUT2D eigenvalue weighted by Gasteiger charge is 2.25. The fourth-order valence-electron chi connectivity index (χ4n) is 2.78. The molecule has 0 aliphatic carbocycles. The number of ether oxygens (including phenoxy) is 1. The van der Waals surface area contributed by atoms with Gasteiger partial charge in [-0.3, -0.25) is 4.79 Å². The third-order valence-electron chi connectivity index (χ3n) is 4.66. The molecule has 2 heterocycles. The molecule has 1 aliphatic rings. The van der Waals surface area contributed by atoms with Crippen LogP contribution in [0.5, 0.6) is 0 Å². The predicted molar refractivity (Wildman–Crippen MR) is 104 cm³/mol. The fourth-order valence-corrected chi connectivity index (χ4v) is 3.75. The van der Waals surface area contributed by atoms with E-state index in [9.17, 15) is 9.59 Å². The molecular weight excluding hydrogens is 366 g/mol. The van der Waals surface area contributed by atoms with Crippen molar-refractivity contribution in [3.63, 3.8) is 0 Å². The van der Waals surface area contributed by atoms with Crippen LogP contribution in [-0.4, -0.2) is 40.5 Å². The molecule has 0 bridgehead atoms. The smallest absolute Gasteiger partial charge is 0.344 e. The number of aromatic nitrogens is 2. The highest BCUT2D eigenvalue weighted by molar-refractivity contribution is 7.09. The first-order valence-electron chi connectivity index (χ1n) is 9.46. The lowest BCUT2D eigenvalue weighted by Gasteiger charge is -2.19. The van der Waals surface area contributed by atoms with E-state index in [0.717, 1.165) is 30.9 Å². The largest absolute Gasteiger partial charge is 0.376 e. The van der Waals surface area contributed by atoms with Gasteiger partial charge in [-0.05, 0) is 18.8 Å². The van der Waals surface area contributed by atoms with Gasteiger partial charge in [0.15, 0.2) is 0 Å². The average molecular weight is 398 g/mol. The number of hydrogen-bond donors (Lipinski definition) is 2. The predicted octanol–water partition coefficient (Wildman–Crippen LogP) is 1.93. The Morgan fingerprint density at radius 3 is 2.70 bits per heavy atom. The van der Waals surface area contributed by atoms with Crippen molar-refractivity contribution in [1.29, 1.82) is 0 Å². The van der Waals surface area contributed by atoms with Gasteiger partial charge in [-0.1, -0.05) is 52.4 Å². The monoisotopic (exact) mass is 397 g/mol. The number of hydrogen-bond acceptors (Lipinski definition) is 5. The quantitative estimate of drug-likeness (QED) is 0.764. The number of nitrogens with zero attached hydrogens (tertiary/aromatic N) is 3. The number of carbonyl (C=O) groups is 2. The van der Waals surface area contributed by atoms with Crippen molar-refractivity contribution in [2.45, 2.75) is 78.0 Å². The van der Waals surface area contributed by atoms with Gasteiger partial charge in [0.25, 0.3) is 0 Å². The molecule has 27 heavy (non-hydrogen) atoms. The zero-order valence-electron chi connectivity index (χ0n) is 16.8. The van der Waals surface area contributed by atoms with E-state index in [1.807, 2.05) is 13.8 Å². The molecule has 0 unspecified atom stereocenters. The van der Waals surface area contributed by atoms with Crippen LogP contribution in [0.3, 0.4) is 0 Å². The summed E-state index contributed by atoms with van der Waals surface area (Å²) in [6.45, 7) is 11.3. The summed E-state index contributed by atoms with van der Waals surface area (Å²) in [5, 5.41) is 8.18. The molecule has 0 spiro atoms. The molecule has 9 heteroatoms. The van der Waals surface area contributed by atoms with Gasteiger partial charge in [-0.25, -0.2) is 9.48 Å². The van der Waals surface area contributed by atoms with Crippen molar-refractivity contribution in [1.82, 2.24) is 15.1 Å². The molecule has 0 saturated carbocycles. The van der Waals surface area contributed by atoms with Crippen LogP contribution in [0.15, 0.2) is 4.99 Å². The zero-order valence-corrected chi connectivity index (χ0v) is 17.6. The van der Waals surface area contributed by atoms with Gasteiger partial charge in [0.1, 0.15) is 11.0 Å². The number of nitrogens with two attached hydrogens (primary N) is 1. The second kappa shape index (κ2) is 8.97. The molecule has 1 aromatic rings. The van der Waals surface area contributed by atoms with E-state index in [2.05, 4.69) is 36.2 Å². The summed E-state index contributed by atoms with van der Waals surface area (Å²) < 4.78 is 7.43. The van der Waals surface area contributed by atoms with Crippen LogP contribution in [0.2, 0.25) is 0 Å². The number of rotatable bonds is 6. The van der Waals surface area contributed by atoms with Crippen LogP contribution in [0, 0.1) is 5.92 Å². The molecule has 152 valence electrons. The first-order valence-corrected chi connectivity index (χ1v) is 10.3. The molecule has 3 atom stereocenters. The van der Waals surface area contributed by atoms with E-state index in [0.29, 0.717) is 11.3 Å². The summed E-state index contributed by atoms with van der Waals surface area (Å²) in [6.07, 6.45) is 2.81. The topological polar surface area (TPSA) is 112 Å². The minimum atomic E-state index is -0.743. The molecule has 0 aromatic carbocycles. The van der Waals surface area contributed by atoms with Gasteiger partial charge >= 0.3 is 6.03 Å². The molecule has 1 fully saturated rings. The Bertz CT molecular complexity index is 728. The first kappa shape index (κ1) is 21.6. The maximum absolute atomic E-state index is 12.4. The highest BCUT2D eigenvalue weighted by atomic mass is 32.1. The van der Waals surface area contributed by atoms with Crippen molar-refractivity contribution >= 4 is 23.3 Å². The number of nitrogens with one attached hydrogen (secondary N) is 1. The van der Waals surface area contributed by atoms with Gasteiger partial charge in [0, 0.05) is 12.0 Å². The Morgan fingerprint density at radius 1 is 1.48 bits per heavy atom. The number of primary amides is 1. The molecule has 8 nitrogen and oxygen atoms in total. The Hall–Kier alpha value is -1.74. The average Bonchev–Trinajstić information content (AvgIpc) is 3.22. The zero-order chi connectivity index (χ0) is 20.2. The van der Waals surface area contributed by atoms with Crippen LogP contribution >= 0.6 is 11.3 Å². The van der Waals surface area contributed by atoms with Crippen LogP contribution < -0.4 is 15.9 Å². The molecular formula is C18H31N5O3S. The van der Waals surface area contributed by atoms with Crippen molar-refractivity contribution < 1.29 is 14.3 Å². The Morgan fingerprint density at radius 2 is 2.19 bits per heavy atom. The molecule has 1 saturated heterocycles. The van der Waals surface area contributed by atoms with E-state index in [4.69, 9.17) is 10.5 Å². The summed E-state index contributed by atoms with van der Waals surface area (Å²) in [5.74, 6) is -0.618. The number of urea groups is 1. The number of amides is 3. The third-order valence-corrected chi connectivity index (χ3v) is 6.03. The Kier molecular flexibility index (Phi) is 7.16. The van der Waals surface area contributed by atoms with Crippen LogP contribution in [0.25, 0.3) is 0 Å². The van der Waals surface area contributed by atoms with Crippen molar-refractivity contribution in [2.24, 2.45) is 16.6 Å². The minimum Gasteiger partial charge on any atom is -0.376 e. The van der Waals surface area contributed by atoms with E-state index in [1.54, 1.807) is 4.68 Å². The second-order valence-electron chi connectivity index (χ2n) is 8.08. The maximum atomic E-state index is 12.4. The van der Waals surface area contributed by atoms with Gasteiger partial charge in [-0.2, -0.15) is 10.1 Å². The Labute approximate surface area is 164 Å². The van der Waals surface area contributed by atoms with Gasteiger partial charge in [0.2, 0.25) is 10.7 Å². The van der Waals surface area contributed by atoms with E-state index in [1.165, 1.54) is 11.3 Å². The molecule has 1 aliphatic heterocycles. The van der Waals surface area contributed by atoms with Gasteiger partial charge in [-0.15, -0.1) is 0 Å². The Balaban J connectivity index is 2.29. The minimum absolute atomic E-state index is 0.0627. The van der Waals surface area contributed by atoms with Crippen LogP contribution in [0.1, 0.15) is 58.9 Å². The molecule has 2 rings (SSSR count). The lowest BCUT2D eigenvalue weighted by atomic mass is 9.98. The molecule has 3 N–H and O–H groups in total. The number of carbonyl (C=O) groups excluding carboxylic acids is 2. The van der Waals surface area contributed by atoms with Crippen molar-refractivity contribution in [2.75, 3.05) is 6.61 Å². The molecule has 0 radical (unpaired) electrons. The van der Waals surface area contributed by atoms with Gasteiger partial charge in [0.05, 0.1) is 12.6 Å². The first-order chi connectivity index (χ1) is 12.6. The van der Waals surface area contributed by atoms with Crippen molar-refractivity contribution in [3.05, 3.63) is 9.81 Å². The second-order valence-corrected chi connectivity index (χ2v) is 9.04. The highest BCUT2D eigenvalue weighted by Crippen LogP contribution is 2.22. The van der Waals surface area contributed by atoms with E-state index in [-0.39, 0.29) is 17.4 Å². The lowest BCUT2D eigenvalue weighted by molar-refractivity contribution is -0.120. The maximum Gasteiger partial charge on any atom is 0.344 e. The summed E-state index contributed by atoms with van der Waals surface area (Å²) in [5.41, 5.74) is 5.27. The summed E-state index contributed by atoms with van der Waals surface area (Å²) in [4.78, 5) is 28.8. The fraction of sp³-hybridized carbons (Fsp3) is 0.778. The normalized spacial score (nSPS) is 20.5. The third kappa shape index (κ3) is 5.87. The SMILES string of the molecule is CC[C@H](C)[C@H](NC(=O)N=c1sc(C(C)(C)C)nn1C[C@H]1CCCO1)C(N)=O. The summed E-state index contributed by atoms with van der Waals surface area (Å²) >= 11 is 1.38. The summed E-state index contributed by atoms with van der Waals surface area (Å²) in [7, 11) is 0.